The van der Waals surface area contributed by atoms with Gasteiger partial charge < -0.3 is 0 Å². The molecule has 22 heavy (non-hydrogen) atoms. The van der Waals surface area contributed by atoms with Crippen LogP contribution in [0.2, 0.25) is 0 Å². The molecular formula is C21H42O. The van der Waals surface area contributed by atoms with Gasteiger partial charge in [-0.05, 0) is 13.3 Å². The van der Waals surface area contributed by atoms with Crippen molar-refractivity contribution in [3.8, 4) is 0 Å². The largest absolute Gasteiger partial charge is 0.299 e. The van der Waals surface area contributed by atoms with Crippen LogP contribution >= 0.6 is 0 Å². The fourth-order valence-corrected chi connectivity index (χ4v) is 2.94. The van der Waals surface area contributed by atoms with Crippen molar-refractivity contribution >= 4 is 5.78 Å². The summed E-state index contributed by atoms with van der Waals surface area (Å²) in [5.41, 5.74) is -0.100. The first-order valence-corrected chi connectivity index (χ1v) is 10.0. The number of rotatable bonds is 16. The lowest BCUT2D eigenvalue weighted by molar-refractivity contribution is -0.125. The zero-order valence-corrected chi connectivity index (χ0v) is 16.0. The van der Waals surface area contributed by atoms with Gasteiger partial charge in [-0.2, -0.15) is 0 Å². The molecule has 1 heteroatoms. The van der Waals surface area contributed by atoms with Gasteiger partial charge in [-0.15, -0.1) is 0 Å². The summed E-state index contributed by atoms with van der Waals surface area (Å²) in [5, 5.41) is 0. The zero-order chi connectivity index (χ0) is 16.7. The molecule has 1 nitrogen and oxygen atoms in total. The number of ketones is 1. The minimum atomic E-state index is -0.100. The Hall–Kier alpha value is -0.330. The predicted molar refractivity (Wildman–Crippen MR) is 99.4 cm³/mol. The Balaban J connectivity index is 3.16. The second kappa shape index (κ2) is 14.3. The Morgan fingerprint density at radius 2 is 0.955 bits per heavy atom. The number of carbonyl (C=O) groups excluding carboxylic acids is 1. The summed E-state index contributed by atoms with van der Waals surface area (Å²) in [6.07, 6.45) is 20.6. The standard InChI is InChI=1S/C21H42O/c1-5-6-7-8-9-10-11-12-13-14-15-16-17-18-19-21(3,4)20(2)22/h5-19H2,1-4H3. The van der Waals surface area contributed by atoms with Crippen molar-refractivity contribution in [1.29, 1.82) is 0 Å². The van der Waals surface area contributed by atoms with E-state index in [2.05, 4.69) is 20.8 Å². The maximum atomic E-state index is 11.4. The quantitative estimate of drug-likeness (QED) is 0.270. The topological polar surface area (TPSA) is 17.1 Å². The lowest BCUT2D eigenvalue weighted by atomic mass is 9.83. The molecule has 0 aliphatic rings. The molecule has 0 unspecified atom stereocenters. The Kier molecular flexibility index (Phi) is 14.1. The molecule has 0 amide bonds. The van der Waals surface area contributed by atoms with Gasteiger partial charge in [0.1, 0.15) is 5.78 Å². The lowest BCUT2D eigenvalue weighted by Crippen LogP contribution is -2.20. The molecule has 0 aliphatic carbocycles. The maximum absolute atomic E-state index is 11.4. The first kappa shape index (κ1) is 21.7. The summed E-state index contributed by atoms with van der Waals surface area (Å²) in [4.78, 5) is 11.4. The second-order valence-electron chi connectivity index (χ2n) is 7.79. The third-order valence-corrected chi connectivity index (χ3v) is 5.11. The first-order valence-electron chi connectivity index (χ1n) is 10.0. The van der Waals surface area contributed by atoms with Crippen molar-refractivity contribution < 1.29 is 4.79 Å². The molecule has 0 saturated heterocycles. The van der Waals surface area contributed by atoms with Crippen LogP contribution in [0.15, 0.2) is 0 Å². The fourth-order valence-electron chi connectivity index (χ4n) is 2.94. The van der Waals surface area contributed by atoms with E-state index in [1.807, 2.05) is 0 Å². The van der Waals surface area contributed by atoms with E-state index in [-0.39, 0.29) is 5.41 Å². The summed E-state index contributed by atoms with van der Waals surface area (Å²) in [7, 11) is 0. The van der Waals surface area contributed by atoms with Crippen molar-refractivity contribution in [3.05, 3.63) is 0 Å². The Labute approximate surface area is 140 Å². The zero-order valence-electron chi connectivity index (χ0n) is 16.0. The molecule has 0 aliphatic heterocycles. The molecule has 0 aromatic rings. The summed E-state index contributed by atoms with van der Waals surface area (Å²) in [6, 6.07) is 0. The molecule has 0 aromatic heterocycles. The summed E-state index contributed by atoms with van der Waals surface area (Å²) in [5.74, 6) is 0.335. The van der Waals surface area contributed by atoms with Crippen molar-refractivity contribution in [2.45, 2.75) is 124 Å². The molecule has 0 saturated carbocycles. The van der Waals surface area contributed by atoms with Gasteiger partial charge in [0.15, 0.2) is 0 Å². The molecule has 0 bridgehead atoms. The minimum absolute atomic E-state index is 0.100. The summed E-state index contributed by atoms with van der Waals surface area (Å²) in [6.45, 7) is 8.17. The molecule has 0 rings (SSSR count). The van der Waals surface area contributed by atoms with Crippen LogP contribution < -0.4 is 0 Å². The van der Waals surface area contributed by atoms with E-state index in [4.69, 9.17) is 0 Å². The van der Waals surface area contributed by atoms with E-state index in [0.29, 0.717) is 5.78 Å². The van der Waals surface area contributed by atoms with Crippen molar-refractivity contribution in [3.63, 3.8) is 0 Å². The smallest absolute Gasteiger partial charge is 0.135 e. The third kappa shape index (κ3) is 13.3. The fraction of sp³-hybridized carbons (Fsp3) is 0.952. The molecule has 0 heterocycles. The van der Waals surface area contributed by atoms with Gasteiger partial charge in [-0.25, -0.2) is 0 Å². The summed E-state index contributed by atoms with van der Waals surface area (Å²) >= 11 is 0. The van der Waals surface area contributed by atoms with Crippen LogP contribution in [-0.4, -0.2) is 5.78 Å². The Morgan fingerprint density at radius 1 is 0.636 bits per heavy atom. The number of Topliss-reactive ketones (excluding diaryl/α,β-unsaturated/α-hetero) is 1. The van der Waals surface area contributed by atoms with Crippen LogP contribution in [0.25, 0.3) is 0 Å². The number of carbonyl (C=O) groups is 1. The van der Waals surface area contributed by atoms with E-state index in [1.165, 1.54) is 89.9 Å². The van der Waals surface area contributed by atoms with E-state index >= 15 is 0 Å². The van der Waals surface area contributed by atoms with Gasteiger partial charge in [0, 0.05) is 5.41 Å². The van der Waals surface area contributed by atoms with Crippen molar-refractivity contribution in [1.82, 2.24) is 0 Å². The molecule has 0 N–H and O–H groups in total. The van der Waals surface area contributed by atoms with Gasteiger partial charge in [-0.1, -0.05) is 111 Å². The molecular weight excluding hydrogens is 268 g/mol. The molecule has 0 atom stereocenters. The summed E-state index contributed by atoms with van der Waals surface area (Å²) < 4.78 is 0. The average Bonchev–Trinajstić information content (AvgIpc) is 2.47. The van der Waals surface area contributed by atoms with Gasteiger partial charge in [-0.3, -0.25) is 4.79 Å². The Bertz CT molecular complexity index is 255. The van der Waals surface area contributed by atoms with Gasteiger partial charge >= 0.3 is 0 Å². The maximum Gasteiger partial charge on any atom is 0.135 e. The third-order valence-electron chi connectivity index (χ3n) is 5.11. The van der Waals surface area contributed by atoms with E-state index in [0.717, 1.165) is 6.42 Å². The lowest BCUT2D eigenvalue weighted by Gasteiger charge is -2.20. The number of unbranched alkanes of at least 4 members (excludes halogenated alkanes) is 13. The van der Waals surface area contributed by atoms with Gasteiger partial charge in [0.05, 0.1) is 0 Å². The molecule has 0 radical (unpaired) electrons. The van der Waals surface area contributed by atoms with E-state index in [9.17, 15) is 4.79 Å². The molecule has 0 aromatic carbocycles. The normalized spacial score (nSPS) is 11.8. The number of hydrogen-bond donors (Lipinski definition) is 0. The Morgan fingerprint density at radius 3 is 1.27 bits per heavy atom. The first-order chi connectivity index (χ1) is 10.5. The highest BCUT2D eigenvalue weighted by Gasteiger charge is 2.22. The molecule has 0 fully saturated rings. The predicted octanol–water partition coefficient (Wildman–Crippen LogP) is 7.47. The van der Waals surface area contributed by atoms with Crippen LogP contribution in [0.4, 0.5) is 0 Å². The van der Waals surface area contributed by atoms with Crippen LogP contribution in [0.5, 0.6) is 0 Å². The number of hydrogen-bond acceptors (Lipinski definition) is 1. The monoisotopic (exact) mass is 310 g/mol. The minimum Gasteiger partial charge on any atom is -0.299 e. The van der Waals surface area contributed by atoms with Crippen molar-refractivity contribution in [2.75, 3.05) is 0 Å². The van der Waals surface area contributed by atoms with Crippen LogP contribution in [0.1, 0.15) is 124 Å². The van der Waals surface area contributed by atoms with Gasteiger partial charge in [0.25, 0.3) is 0 Å². The van der Waals surface area contributed by atoms with Crippen LogP contribution in [-0.2, 0) is 4.79 Å². The van der Waals surface area contributed by atoms with Crippen LogP contribution in [0.3, 0.4) is 0 Å². The highest BCUT2D eigenvalue weighted by atomic mass is 16.1. The average molecular weight is 311 g/mol. The van der Waals surface area contributed by atoms with Gasteiger partial charge in [0.2, 0.25) is 0 Å². The molecule has 132 valence electrons. The molecule has 0 spiro atoms. The SMILES string of the molecule is CCCCCCCCCCCCCCCCC(C)(C)C(C)=O. The highest BCUT2D eigenvalue weighted by molar-refractivity contribution is 5.81. The second-order valence-corrected chi connectivity index (χ2v) is 7.79. The van der Waals surface area contributed by atoms with E-state index < -0.39 is 0 Å². The van der Waals surface area contributed by atoms with Crippen molar-refractivity contribution in [2.24, 2.45) is 5.41 Å². The van der Waals surface area contributed by atoms with Crippen LogP contribution in [0, 0.1) is 5.41 Å². The highest BCUT2D eigenvalue weighted by Crippen LogP contribution is 2.25. The van der Waals surface area contributed by atoms with E-state index in [1.54, 1.807) is 6.92 Å².